The summed E-state index contributed by atoms with van der Waals surface area (Å²) in [5, 5.41) is 5.73. The molecule has 1 atom stereocenters. The molecule has 1 N–H and O–H groups in total. The summed E-state index contributed by atoms with van der Waals surface area (Å²) in [4.78, 5) is 27.6. The van der Waals surface area contributed by atoms with Crippen molar-refractivity contribution in [2.24, 2.45) is 0 Å². The van der Waals surface area contributed by atoms with Crippen LogP contribution in [0, 0.1) is 6.92 Å². The summed E-state index contributed by atoms with van der Waals surface area (Å²) in [7, 11) is 3.82. The molecule has 0 aliphatic carbocycles. The van der Waals surface area contributed by atoms with E-state index < -0.39 is 0 Å². The Bertz CT molecular complexity index is 878. The van der Waals surface area contributed by atoms with Gasteiger partial charge < -0.3 is 5.32 Å². The van der Waals surface area contributed by atoms with Gasteiger partial charge >= 0.3 is 0 Å². The van der Waals surface area contributed by atoms with Crippen LogP contribution in [0.3, 0.4) is 0 Å². The van der Waals surface area contributed by atoms with E-state index >= 15 is 0 Å². The second-order valence-electron chi connectivity index (χ2n) is 6.18. The van der Waals surface area contributed by atoms with E-state index in [-0.39, 0.29) is 11.9 Å². The Kier molecular flexibility index (Phi) is 5.70. The molecule has 1 unspecified atom stereocenters. The molecular formula is C19H21N5OS. The zero-order valence-corrected chi connectivity index (χ0v) is 15.8. The molecule has 3 rings (SSSR count). The van der Waals surface area contributed by atoms with Gasteiger partial charge in [0.15, 0.2) is 0 Å². The summed E-state index contributed by atoms with van der Waals surface area (Å²) in [6.07, 6.45) is 4.95. The van der Waals surface area contributed by atoms with E-state index in [2.05, 4.69) is 20.3 Å². The summed E-state index contributed by atoms with van der Waals surface area (Å²) in [5.74, 6) is -0.0432. The van der Waals surface area contributed by atoms with Crippen LogP contribution in [-0.2, 0) is 11.3 Å². The van der Waals surface area contributed by atoms with Gasteiger partial charge in [0.2, 0.25) is 5.91 Å². The molecular weight excluding hydrogens is 346 g/mol. The zero-order valence-electron chi connectivity index (χ0n) is 15.0. The SMILES string of the molecule is Cc1ccccc1C(C(=O)NCc1csc(-c2cnccn2)n1)N(C)C. The minimum atomic E-state index is -0.339. The van der Waals surface area contributed by atoms with Crippen molar-refractivity contribution in [2.75, 3.05) is 14.1 Å². The number of hydrogen-bond acceptors (Lipinski definition) is 6. The number of thiazole rings is 1. The normalized spacial score (nSPS) is 12.2. The molecule has 2 aromatic heterocycles. The predicted molar refractivity (Wildman–Crippen MR) is 103 cm³/mol. The smallest absolute Gasteiger partial charge is 0.242 e. The lowest BCUT2D eigenvalue weighted by molar-refractivity contribution is -0.126. The second kappa shape index (κ2) is 8.16. The van der Waals surface area contributed by atoms with Crippen molar-refractivity contribution in [2.45, 2.75) is 19.5 Å². The standard InChI is InChI=1S/C19H21N5OS/c1-13-6-4-5-7-15(13)17(24(2)3)18(25)22-10-14-12-26-19(23-14)16-11-20-8-9-21-16/h4-9,11-12,17H,10H2,1-3H3,(H,22,25). The van der Waals surface area contributed by atoms with Gasteiger partial charge in [-0.25, -0.2) is 4.98 Å². The number of nitrogens with one attached hydrogen (secondary N) is 1. The van der Waals surface area contributed by atoms with Gasteiger partial charge in [-0.2, -0.15) is 0 Å². The van der Waals surface area contributed by atoms with Crippen LogP contribution in [0.25, 0.3) is 10.7 Å². The molecule has 134 valence electrons. The van der Waals surface area contributed by atoms with E-state index in [1.165, 1.54) is 11.3 Å². The van der Waals surface area contributed by atoms with Crippen LogP contribution in [0.5, 0.6) is 0 Å². The van der Waals surface area contributed by atoms with Gasteiger partial charge in [0.1, 0.15) is 16.7 Å². The Balaban J connectivity index is 1.70. The molecule has 1 amide bonds. The number of carbonyl (C=O) groups excluding carboxylic acids is 1. The lowest BCUT2D eigenvalue weighted by Crippen LogP contribution is -2.37. The highest BCUT2D eigenvalue weighted by Gasteiger charge is 2.24. The van der Waals surface area contributed by atoms with Crippen LogP contribution < -0.4 is 5.32 Å². The number of nitrogens with zero attached hydrogens (tertiary/aromatic N) is 4. The fourth-order valence-electron chi connectivity index (χ4n) is 2.74. The van der Waals surface area contributed by atoms with E-state index in [4.69, 9.17) is 0 Å². The van der Waals surface area contributed by atoms with Crippen LogP contribution in [0.2, 0.25) is 0 Å². The third-order valence-electron chi connectivity index (χ3n) is 4.03. The lowest BCUT2D eigenvalue weighted by atomic mass is 10.00. The molecule has 0 saturated carbocycles. The summed E-state index contributed by atoms with van der Waals surface area (Å²) in [6, 6.07) is 7.61. The summed E-state index contributed by atoms with van der Waals surface area (Å²) in [6.45, 7) is 2.40. The van der Waals surface area contributed by atoms with Crippen molar-refractivity contribution in [1.82, 2.24) is 25.2 Å². The highest BCUT2D eigenvalue weighted by Crippen LogP contribution is 2.23. The van der Waals surface area contributed by atoms with Crippen molar-refractivity contribution >= 4 is 17.2 Å². The topological polar surface area (TPSA) is 71.0 Å². The van der Waals surface area contributed by atoms with Crippen LogP contribution in [0.15, 0.2) is 48.2 Å². The van der Waals surface area contributed by atoms with Gasteiger partial charge in [0.25, 0.3) is 0 Å². The van der Waals surface area contributed by atoms with Crippen LogP contribution in [-0.4, -0.2) is 39.9 Å². The van der Waals surface area contributed by atoms with Crippen LogP contribution in [0.4, 0.5) is 0 Å². The highest BCUT2D eigenvalue weighted by molar-refractivity contribution is 7.13. The molecule has 0 aliphatic rings. The van der Waals surface area contributed by atoms with Gasteiger partial charge in [-0.15, -0.1) is 11.3 Å². The Morgan fingerprint density at radius 3 is 2.77 bits per heavy atom. The molecule has 1 aromatic carbocycles. The van der Waals surface area contributed by atoms with Crippen molar-refractivity contribution in [3.05, 3.63) is 65.1 Å². The first-order valence-electron chi connectivity index (χ1n) is 8.26. The average molecular weight is 367 g/mol. The number of hydrogen-bond donors (Lipinski definition) is 1. The van der Waals surface area contributed by atoms with Gasteiger partial charge in [0.05, 0.1) is 18.4 Å². The average Bonchev–Trinajstić information content (AvgIpc) is 3.11. The number of aromatic nitrogens is 3. The Labute approximate surface area is 157 Å². The molecule has 0 saturated heterocycles. The van der Waals surface area contributed by atoms with E-state index in [0.29, 0.717) is 6.54 Å². The van der Waals surface area contributed by atoms with Crippen LogP contribution in [0.1, 0.15) is 22.9 Å². The summed E-state index contributed by atoms with van der Waals surface area (Å²) >= 11 is 1.49. The molecule has 0 radical (unpaired) electrons. The number of aryl methyl sites for hydroxylation is 1. The number of benzene rings is 1. The largest absolute Gasteiger partial charge is 0.349 e. The van der Waals surface area contributed by atoms with Crippen molar-refractivity contribution in [3.8, 4) is 10.7 Å². The lowest BCUT2D eigenvalue weighted by Gasteiger charge is -2.25. The molecule has 7 heteroatoms. The molecule has 2 heterocycles. The number of likely N-dealkylation sites (N-methyl/N-ethyl adjacent to an activating group) is 1. The highest BCUT2D eigenvalue weighted by atomic mass is 32.1. The van der Waals surface area contributed by atoms with E-state index in [9.17, 15) is 4.79 Å². The third kappa shape index (κ3) is 4.12. The Morgan fingerprint density at radius 2 is 2.08 bits per heavy atom. The second-order valence-corrected chi connectivity index (χ2v) is 7.03. The Morgan fingerprint density at radius 1 is 1.27 bits per heavy atom. The fourth-order valence-corrected chi connectivity index (χ4v) is 3.52. The molecule has 0 aliphatic heterocycles. The summed E-state index contributed by atoms with van der Waals surface area (Å²) < 4.78 is 0. The fraction of sp³-hybridized carbons (Fsp3) is 0.263. The first kappa shape index (κ1) is 18.2. The van der Waals surface area contributed by atoms with E-state index in [0.717, 1.165) is 27.5 Å². The third-order valence-corrected chi connectivity index (χ3v) is 4.94. The van der Waals surface area contributed by atoms with Gasteiger partial charge in [-0.05, 0) is 32.1 Å². The minimum Gasteiger partial charge on any atom is -0.349 e. The number of rotatable bonds is 6. The molecule has 0 fully saturated rings. The maximum atomic E-state index is 12.8. The van der Waals surface area contributed by atoms with E-state index in [1.54, 1.807) is 18.6 Å². The number of carbonyl (C=O) groups is 1. The number of amides is 1. The van der Waals surface area contributed by atoms with Crippen molar-refractivity contribution in [1.29, 1.82) is 0 Å². The maximum absolute atomic E-state index is 12.8. The van der Waals surface area contributed by atoms with Gasteiger partial charge in [-0.1, -0.05) is 24.3 Å². The maximum Gasteiger partial charge on any atom is 0.242 e. The molecule has 0 spiro atoms. The van der Waals surface area contributed by atoms with Crippen molar-refractivity contribution < 1.29 is 4.79 Å². The van der Waals surface area contributed by atoms with Gasteiger partial charge in [0, 0.05) is 17.8 Å². The molecule has 26 heavy (non-hydrogen) atoms. The van der Waals surface area contributed by atoms with E-state index in [1.807, 2.05) is 55.6 Å². The first-order valence-corrected chi connectivity index (χ1v) is 9.14. The molecule has 6 nitrogen and oxygen atoms in total. The predicted octanol–water partition coefficient (Wildman–Crippen LogP) is 2.83. The van der Waals surface area contributed by atoms with Crippen molar-refractivity contribution in [3.63, 3.8) is 0 Å². The zero-order chi connectivity index (χ0) is 18.5. The summed E-state index contributed by atoms with van der Waals surface area (Å²) in [5.41, 5.74) is 3.65. The first-order chi connectivity index (χ1) is 12.6. The molecule has 3 aromatic rings. The van der Waals surface area contributed by atoms with Crippen LogP contribution >= 0.6 is 11.3 Å². The van der Waals surface area contributed by atoms with Gasteiger partial charge in [-0.3, -0.25) is 19.7 Å². The monoisotopic (exact) mass is 367 g/mol. The minimum absolute atomic E-state index is 0.0432. The molecule has 0 bridgehead atoms. The quantitative estimate of drug-likeness (QED) is 0.725. The Hall–Kier alpha value is -2.64.